The molecular formula is C15H21NO4. The molecule has 20 heavy (non-hydrogen) atoms. The van der Waals surface area contributed by atoms with Crippen molar-refractivity contribution in [2.45, 2.75) is 31.7 Å². The number of aliphatic carboxylic acids is 1. The van der Waals surface area contributed by atoms with Crippen LogP contribution in [0, 0.1) is 0 Å². The maximum Gasteiger partial charge on any atom is 0.326 e. The van der Waals surface area contributed by atoms with Crippen molar-refractivity contribution in [3.63, 3.8) is 0 Å². The zero-order valence-electron chi connectivity index (χ0n) is 11.7. The van der Waals surface area contributed by atoms with Crippen LogP contribution < -0.4 is 5.32 Å². The Kier molecular flexibility index (Phi) is 7.35. The first-order valence-corrected chi connectivity index (χ1v) is 6.68. The van der Waals surface area contributed by atoms with E-state index in [1.165, 1.54) is 0 Å². The molecule has 1 rings (SSSR count). The maximum atomic E-state index is 11.8. The summed E-state index contributed by atoms with van der Waals surface area (Å²) in [6.45, 7) is 0.490. The van der Waals surface area contributed by atoms with Crippen molar-refractivity contribution in [2.24, 2.45) is 0 Å². The summed E-state index contributed by atoms with van der Waals surface area (Å²) < 4.78 is 4.88. The third-order valence-electron chi connectivity index (χ3n) is 2.96. The first-order valence-electron chi connectivity index (χ1n) is 6.68. The number of benzene rings is 1. The minimum Gasteiger partial charge on any atom is -0.480 e. The Balaban J connectivity index is 2.36. The SMILES string of the molecule is COCCCC(NC(=O)CCc1ccccc1)C(=O)O. The van der Waals surface area contributed by atoms with Crippen molar-refractivity contribution in [1.82, 2.24) is 5.32 Å². The van der Waals surface area contributed by atoms with E-state index in [4.69, 9.17) is 9.84 Å². The number of carbonyl (C=O) groups is 2. The number of aryl methyl sites for hydroxylation is 1. The molecule has 0 radical (unpaired) electrons. The first kappa shape index (κ1) is 16.2. The highest BCUT2D eigenvalue weighted by Crippen LogP contribution is 2.04. The van der Waals surface area contributed by atoms with Gasteiger partial charge in [-0.05, 0) is 24.8 Å². The van der Waals surface area contributed by atoms with Crippen LogP contribution in [0.3, 0.4) is 0 Å². The van der Waals surface area contributed by atoms with Crippen LogP contribution in [0.15, 0.2) is 30.3 Å². The highest BCUT2D eigenvalue weighted by Gasteiger charge is 2.19. The van der Waals surface area contributed by atoms with Crippen LogP contribution in [-0.2, 0) is 20.7 Å². The van der Waals surface area contributed by atoms with Gasteiger partial charge in [0.05, 0.1) is 0 Å². The number of nitrogens with one attached hydrogen (secondary N) is 1. The van der Waals surface area contributed by atoms with Gasteiger partial charge in [0.25, 0.3) is 0 Å². The Hall–Kier alpha value is -1.88. The fourth-order valence-corrected chi connectivity index (χ4v) is 1.86. The van der Waals surface area contributed by atoms with Crippen LogP contribution in [0.5, 0.6) is 0 Å². The van der Waals surface area contributed by atoms with Gasteiger partial charge in [0.1, 0.15) is 6.04 Å². The lowest BCUT2D eigenvalue weighted by molar-refractivity contribution is -0.142. The van der Waals surface area contributed by atoms with Crippen LogP contribution in [0.2, 0.25) is 0 Å². The molecule has 0 heterocycles. The lowest BCUT2D eigenvalue weighted by atomic mass is 10.1. The fraction of sp³-hybridized carbons (Fsp3) is 0.467. The third-order valence-corrected chi connectivity index (χ3v) is 2.96. The molecule has 5 nitrogen and oxygen atoms in total. The largest absolute Gasteiger partial charge is 0.480 e. The van der Waals surface area contributed by atoms with Gasteiger partial charge >= 0.3 is 5.97 Å². The number of ether oxygens (including phenoxy) is 1. The quantitative estimate of drug-likeness (QED) is 0.673. The molecule has 1 aromatic rings. The molecule has 1 atom stereocenters. The average Bonchev–Trinajstić information content (AvgIpc) is 2.45. The standard InChI is InChI=1S/C15H21NO4/c1-20-11-5-8-13(15(18)19)16-14(17)10-9-12-6-3-2-4-7-12/h2-4,6-7,13H,5,8-11H2,1H3,(H,16,17)(H,18,19). The van der Waals surface area contributed by atoms with E-state index >= 15 is 0 Å². The monoisotopic (exact) mass is 279 g/mol. The summed E-state index contributed by atoms with van der Waals surface area (Å²) in [4.78, 5) is 22.8. The number of methoxy groups -OCH3 is 1. The lowest BCUT2D eigenvalue weighted by Crippen LogP contribution is -2.41. The van der Waals surface area contributed by atoms with Crippen molar-refractivity contribution in [2.75, 3.05) is 13.7 Å². The van der Waals surface area contributed by atoms with Gasteiger partial charge in [0.15, 0.2) is 0 Å². The maximum absolute atomic E-state index is 11.8. The minimum atomic E-state index is -1.01. The van der Waals surface area contributed by atoms with Crippen molar-refractivity contribution in [3.8, 4) is 0 Å². The number of rotatable bonds is 9. The van der Waals surface area contributed by atoms with Gasteiger partial charge in [0.2, 0.25) is 5.91 Å². The van der Waals surface area contributed by atoms with E-state index < -0.39 is 12.0 Å². The molecule has 1 unspecified atom stereocenters. The van der Waals surface area contributed by atoms with Crippen LogP contribution in [-0.4, -0.2) is 36.7 Å². The molecule has 1 amide bonds. The van der Waals surface area contributed by atoms with Crippen molar-refractivity contribution in [1.29, 1.82) is 0 Å². The van der Waals surface area contributed by atoms with Crippen molar-refractivity contribution in [3.05, 3.63) is 35.9 Å². The summed E-state index contributed by atoms with van der Waals surface area (Å²) in [5.74, 6) is -1.24. The summed E-state index contributed by atoms with van der Waals surface area (Å²) in [6, 6.07) is 8.80. The summed E-state index contributed by atoms with van der Waals surface area (Å²) >= 11 is 0. The Morgan fingerprint density at radius 3 is 2.60 bits per heavy atom. The van der Waals surface area contributed by atoms with Gasteiger partial charge in [-0.25, -0.2) is 4.79 Å². The second-order valence-electron chi connectivity index (χ2n) is 4.58. The Bertz CT molecular complexity index is 419. The lowest BCUT2D eigenvalue weighted by Gasteiger charge is -2.14. The van der Waals surface area contributed by atoms with E-state index in [1.807, 2.05) is 30.3 Å². The van der Waals surface area contributed by atoms with Crippen molar-refractivity contribution < 1.29 is 19.4 Å². The van der Waals surface area contributed by atoms with Gasteiger partial charge in [-0.1, -0.05) is 30.3 Å². The Morgan fingerprint density at radius 2 is 2.00 bits per heavy atom. The molecule has 110 valence electrons. The van der Waals surface area contributed by atoms with Gasteiger partial charge in [-0.15, -0.1) is 0 Å². The summed E-state index contributed by atoms with van der Waals surface area (Å²) in [6.07, 6.45) is 1.88. The number of amides is 1. The minimum absolute atomic E-state index is 0.237. The average molecular weight is 279 g/mol. The van der Waals surface area contributed by atoms with Crippen LogP contribution in [0.4, 0.5) is 0 Å². The second-order valence-corrected chi connectivity index (χ2v) is 4.58. The number of carboxylic acid groups (broad SMARTS) is 1. The molecule has 0 fully saturated rings. The topological polar surface area (TPSA) is 75.6 Å². The summed E-state index contributed by atoms with van der Waals surface area (Å²) in [5.41, 5.74) is 1.06. The van der Waals surface area contributed by atoms with E-state index in [1.54, 1.807) is 7.11 Å². The molecule has 1 aromatic carbocycles. The molecule has 0 aliphatic carbocycles. The van der Waals surface area contributed by atoms with Crippen LogP contribution >= 0.6 is 0 Å². The molecule has 0 aliphatic rings. The van der Waals surface area contributed by atoms with E-state index in [0.29, 0.717) is 25.9 Å². The zero-order chi connectivity index (χ0) is 14.8. The molecule has 0 spiro atoms. The highest BCUT2D eigenvalue weighted by molar-refractivity contribution is 5.83. The van der Waals surface area contributed by atoms with E-state index in [0.717, 1.165) is 5.56 Å². The number of hydrogen-bond acceptors (Lipinski definition) is 3. The molecule has 0 saturated heterocycles. The second kappa shape index (κ2) is 9.09. The van der Waals surface area contributed by atoms with Crippen LogP contribution in [0.25, 0.3) is 0 Å². The Labute approximate surface area is 118 Å². The summed E-state index contributed by atoms with van der Waals surface area (Å²) in [7, 11) is 1.56. The number of carbonyl (C=O) groups excluding carboxylic acids is 1. The fourth-order valence-electron chi connectivity index (χ4n) is 1.86. The van der Waals surface area contributed by atoms with E-state index in [9.17, 15) is 9.59 Å². The van der Waals surface area contributed by atoms with Gasteiger partial charge in [-0.2, -0.15) is 0 Å². The Morgan fingerprint density at radius 1 is 1.30 bits per heavy atom. The number of hydrogen-bond donors (Lipinski definition) is 2. The third kappa shape index (κ3) is 6.33. The highest BCUT2D eigenvalue weighted by atomic mass is 16.5. The van der Waals surface area contributed by atoms with Gasteiger partial charge in [0, 0.05) is 20.1 Å². The molecule has 0 aliphatic heterocycles. The normalized spacial score (nSPS) is 11.8. The van der Waals surface area contributed by atoms with E-state index in [-0.39, 0.29) is 12.3 Å². The molecule has 0 saturated carbocycles. The van der Waals surface area contributed by atoms with E-state index in [2.05, 4.69) is 5.32 Å². The molecule has 0 bridgehead atoms. The molecular weight excluding hydrogens is 258 g/mol. The summed E-state index contributed by atoms with van der Waals surface area (Å²) in [5, 5.41) is 11.6. The van der Waals surface area contributed by atoms with Gasteiger partial charge < -0.3 is 15.2 Å². The smallest absolute Gasteiger partial charge is 0.326 e. The van der Waals surface area contributed by atoms with Crippen LogP contribution in [0.1, 0.15) is 24.8 Å². The predicted octanol–water partition coefficient (Wildman–Crippen LogP) is 1.62. The number of carboxylic acids is 1. The predicted molar refractivity (Wildman–Crippen MR) is 75.4 cm³/mol. The van der Waals surface area contributed by atoms with Crippen molar-refractivity contribution >= 4 is 11.9 Å². The van der Waals surface area contributed by atoms with Gasteiger partial charge in [-0.3, -0.25) is 4.79 Å². The molecule has 5 heteroatoms. The first-order chi connectivity index (χ1) is 9.63. The molecule has 0 aromatic heterocycles. The molecule has 2 N–H and O–H groups in total. The zero-order valence-corrected chi connectivity index (χ0v) is 11.7.